The molecule has 1 aliphatic carbocycles. The van der Waals surface area contributed by atoms with Gasteiger partial charge in [0, 0.05) is 26.2 Å². The molecule has 1 amide bonds. The van der Waals surface area contributed by atoms with E-state index in [0.29, 0.717) is 22.5 Å². The summed E-state index contributed by atoms with van der Waals surface area (Å²) < 4.78 is 0. The quantitative estimate of drug-likeness (QED) is 0.852. The molecule has 18 heavy (non-hydrogen) atoms. The van der Waals surface area contributed by atoms with Gasteiger partial charge < -0.3 is 10.2 Å². The lowest BCUT2D eigenvalue weighted by Crippen LogP contribution is -2.32. The Morgan fingerprint density at radius 3 is 2.78 bits per heavy atom. The van der Waals surface area contributed by atoms with Crippen LogP contribution < -0.4 is 10.2 Å². The maximum absolute atomic E-state index is 12.0. The van der Waals surface area contributed by atoms with Gasteiger partial charge in [-0.15, -0.1) is 0 Å². The van der Waals surface area contributed by atoms with E-state index >= 15 is 0 Å². The first-order chi connectivity index (χ1) is 8.56. The van der Waals surface area contributed by atoms with Crippen LogP contribution in [0.2, 0.25) is 5.15 Å². The average Bonchev–Trinajstić information content (AvgIpc) is 2.25. The highest BCUT2D eigenvalue weighted by Gasteiger charge is 2.18. The van der Waals surface area contributed by atoms with Gasteiger partial charge in [0.25, 0.3) is 5.91 Å². The van der Waals surface area contributed by atoms with E-state index in [1.54, 1.807) is 12.1 Å². The van der Waals surface area contributed by atoms with Crippen molar-refractivity contribution in [1.82, 2.24) is 10.3 Å². The van der Waals surface area contributed by atoms with Gasteiger partial charge in [-0.2, -0.15) is 0 Å². The first-order valence-electron chi connectivity index (χ1n) is 6.19. The van der Waals surface area contributed by atoms with Crippen LogP contribution >= 0.6 is 11.6 Å². The zero-order valence-corrected chi connectivity index (χ0v) is 11.5. The molecule has 2 rings (SSSR count). The molecule has 1 aromatic heterocycles. The second-order valence-corrected chi connectivity index (χ2v) is 5.33. The highest BCUT2D eigenvalue weighted by atomic mass is 35.5. The average molecular weight is 268 g/mol. The smallest absolute Gasteiger partial charge is 0.251 e. The Balaban J connectivity index is 2.03. The van der Waals surface area contributed by atoms with Crippen molar-refractivity contribution < 1.29 is 4.79 Å². The van der Waals surface area contributed by atoms with Crippen molar-refractivity contribution in [2.45, 2.75) is 19.3 Å². The number of rotatable bonds is 4. The van der Waals surface area contributed by atoms with Crippen LogP contribution in [0.4, 0.5) is 5.82 Å². The lowest BCUT2D eigenvalue weighted by atomic mass is 9.85. The van der Waals surface area contributed by atoms with Gasteiger partial charge in [-0.1, -0.05) is 18.0 Å². The van der Waals surface area contributed by atoms with Gasteiger partial charge in [-0.05, 0) is 30.9 Å². The minimum Gasteiger partial charge on any atom is -0.363 e. The Hall–Kier alpha value is -1.29. The predicted octanol–water partition coefficient (Wildman–Crippen LogP) is 2.33. The molecule has 0 unspecified atom stereocenters. The molecule has 5 heteroatoms. The van der Waals surface area contributed by atoms with Gasteiger partial charge in [-0.3, -0.25) is 4.79 Å². The molecule has 1 aromatic rings. The largest absolute Gasteiger partial charge is 0.363 e. The summed E-state index contributed by atoms with van der Waals surface area (Å²) in [6.07, 6.45) is 3.73. The van der Waals surface area contributed by atoms with E-state index < -0.39 is 0 Å². The van der Waals surface area contributed by atoms with Crippen molar-refractivity contribution in [2.75, 3.05) is 25.5 Å². The van der Waals surface area contributed by atoms with Crippen molar-refractivity contribution in [2.24, 2.45) is 5.92 Å². The predicted molar refractivity (Wildman–Crippen MR) is 73.2 cm³/mol. The minimum absolute atomic E-state index is 0.0747. The van der Waals surface area contributed by atoms with Gasteiger partial charge in [-0.25, -0.2) is 4.98 Å². The molecule has 0 bridgehead atoms. The number of carbonyl (C=O) groups excluding carboxylic acids is 1. The van der Waals surface area contributed by atoms with Gasteiger partial charge in [0.1, 0.15) is 11.0 Å². The van der Waals surface area contributed by atoms with E-state index in [0.717, 1.165) is 6.54 Å². The van der Waals surface area contributed by atoms with Gasteiger partial charge in [0.15, 0.2) is 0 Å². The number of carbonyl (C=O) groups is 1. The van der Waals surface area contributed by atoms with E-state index in [-0.39, 0.29) is 5.91 Å². The molecule has 0 saturated heterocycles. The standard InChI is InChI=1S/C13H18ClN3O/c1-17(2)12-7-10(6-11(14)16-12)13(18)15-8-9-4-3-5-9/h6-7,9H,3-5,8H2,1-2H3,(H,15,18). The molecule has 0 aliphatic heterocycles. The molecule has 1 fully saturated rings. The van der Waals surface area contributed by atoms with Crippen molar-refractivity contribution >= 4 is 23.3 Å². The Morgan fingerprint density at radius 2 is 2.22 bits per heavy atom. The molecule has 1 aliphatic rings. The zero-order valence-electron chi connectivity index (χ0n) is 10.7. The zero-order chi connectivity index (χ0) is 13.1. The number of nitrogens with zero attached hydrogens (tertiary/aromatic N) is 2. The first kappa shape index (κ1) is 13.1. The number of hydrogen-bond acceptors (Lipinski definition) is 3. The summed E-state index contributed by atoms with van der Waals surface area (Å²) in [5.41, 5.74) is 0.568. The highest BCUT2D eigenvalue weighted by molar-refractivity contribution is 6.29. The number of anilines is 1. The van der Waals surface area contributed by atoms with Gasteiger partial charge in [0.2, 0.25) is 0 Å². The van der Waals surface area contributed by atoms with Crippen LogP contribution in [0.3, 0.4) is 0 Å². The van der Waals surface area contributed by atoms with Crippen molar-refractivity contribution in [3.8, 4) is 0 Å². The summed E-state index contributed by atoms with van der Waals surface area (Å²) in [6, 6.07) is 3.35. The summed E-state index contributed by atoms with van der Waals surface area (Å²) >= 11 is 5.92. The fourth-order valence-corrected chi connectivity index (χ4v) is 2.08. The molecule has 1 N–H and O–H groups in total. The molecule has 98 valence electrons. The summed E-state index contributed by atoms with van der Waals surface area (Å²) in [6.45, 7) is 0.760. The number of halogens is 1. The van der Waals surface area contributed by atoms with Crippen LogP contribution in [0.15, 0.2) is 12.1 Å². The van der Waals surface area contributed by atoms with Crippen molar-refractivity contribution in [3.05, 3.63) is 22.8 Å². The fraction of sp³-hybridized carbons (Fsp3) is 0.538. The van der Waals surface area contributed by atoms with Crippen LogP contribution in [0.5, 0.6) is 0 Å². The number of aromatic nitrogens is 1. The molecule has 4 nitrogen and oxygen atoms in total. The first-order valence-corrected chi connectivity index (χ1v) is 6.57. The summed E-state index contributed by atoms with van der Waals surface area (Å²) in [5, 5.41) is 3.29. The Morgan fingerprint density at radius 1 is 1.50 bits per heavy atom. The maximum atomic E-state index is 12.0. The van der Waals surface area contributed by atoms with Gasteiger partial charge in [0.05, 0.1) is 0 Å². The number of pyridine rings is 1. The Bertz CT molecular complexity index is 444. The second kappa shape index (κ2) is 5.57. The molecular weight excluding hydrogens is 250 g/mol. The third-order valence-corrected chi connectivity index (χ3v) is 3.47. The lowest BCUT2D eigenvalue weighted by molar-refractivity contribution is 0.0939. The fourth-order valence-electron chi connectivity index (χ4n) is 1.88. The SMILES string of the molecule is CN(C)c1cc(C(=O)NCC2CCC2)cc(Cl)n1. The van der Waals surface area contributed by atoms with Crippen LogP contribution in [0, 0.1) is 5.92 Å². The third kappa shape index (κ3) is 3.13. The highest BCUT2D eigenvalue weighted by Crippen LogP contribution is 2.25. The van der Waals surface area contributed by atoms with E-state index in [9.17, 15) is 4.79 Å². The van der Waals surface area contributed by atoms with Crippen LogP contribution in [0.25, 0.3) is 0 Å². The second-order valence-electron chi connectivity index (χ2n) is 4.94. The molecule has 0 aromatic carbocycles. The molecule has 1 heterocycles. The number of hydrogen-bond donors (Lipinski definition) is 1. The maximum Gasteiger partial charge on any atom is 0.251 e. The van der Waals surface area contributed by atoms with E-state index in [4.69, 9.17) is 11.6 Å². The topological polar surface area (TPSA) is 45.2 Å². The molecular formula is C13H18ClN3O. The number of nitrogens with one attached hydrogen (secondary N) is 1. The van der Waals surface area contributed by atoms with E-state index in [1.165, 1.54) is 19.3 Å². The molecule has 0 radical (unpaired) electrons. The van der Waals surface area contributed by atoms with Crippen molar-refractivity contribution in [3.63, 3.8) is 0 Å². The molecule has 0 atom stereocenters. The molecule has 1 saturated carbocycles. The van der Waals surface area contributed by atoms with E-state index in [2.05, 4.69) is 10.3 Å². The Kier molecular flexibility index (Phi) is 4.07. The van der Waals surface area contributed by atoms with Crippen LogP contribution in [-0.2, 0) is 0 Å². The summed E-state index contributed by atoms with van der Waals surface area (Å²) in [5.74, 6) is 1.27. The van der Waals surface area contributed by atoms with Gasteiger partial charge >= 0.3 is 0 Å². The van der Waals surface area contributed by atoms with Crippen LogP contribution in [0.1, 0.15) is 29.6 Å². The summed E-state index contributed by atoms with van der Waals surface area (Å²) in [4.78, 5) is 18.0. The minimum atomic E-state index is -0.0747. The lowest BCUT2D eigenvalue weighted by Gasteiger charge is -2.25. The normalized spacial score (nSPS) is 15.1. The summed E-state index contributed by atoms with van der Waals surface area (Å²) in [7, 11) is 3.74. The molecule has 0 spiro atoms. The van der Waals surface area contributed by atoms with E-state index in [1.807, 2.05) is 19.0 Å². The monoisotopic (exact) mass is 267 g/mol. The number of amides is 1. The third-order valence-electron chi connectivity index (χ3n) is 3.28. The Labute approximate surface area is 112 Å². The van der Waals surface area contributed by atoms with Crippen LogP contribution in [-0.4, -0.2) is 31.5 Å². The van der Waals surface area contributed by atoms with Crippen molar-refractivity contribution in [1.29, 1.82) is 0 Å².